The maximum Gasteiger partial charge on any atom is 0.302 e. The summed E-state index contributed by atoms with van der Waals surface area (Å²) in [5, 5.41) is 22.4. The second-order valence-corrected chi connectivity index (χ2v) is 11.4. The molecule has 0 spiro atoms. The maximum atomic E-state index is 13.7. The molecular weight excluding hydrogens is 412 g/mol. The molecule has 7 nitrogen and oxygen atoms in total. The lowest BCUT2D eigenvalue weighted by molar-refractivity contribution is -0.201. The summed E-state index contributed by atoms with van der Waals surface area (Å²) in [6.45, 7) is 6.67. The molecule has 0 bridgehead atoms. The van der Waals surface area contributed by atoms with Crippen molar-refractivity contribution >= 4 is 17.7 Å². The topological polar surface area (TPSA) is 110 Å². The Morgan fingerprint density at radius 2 is 1.81 bits per heavy atom. The molecule has 2 N–H and O–H groups in total. The van der Waals surface area contributed by atoms with E-state index in [0.717, 1.165) is 38.5 Å². The standard InChI is InChI=1S/C25H38O7/c1-14(26)31-13-21(29)25(30)10-8-19-18-6-5-16-11-17(32-15(2)27)7-9-23(16,3)22(18)20(28)12-24(19,25)4/h16-19,21-22,29-30H,5-13H2,1-4H3/t16?,17?,18-,19-,21?,22+,23-,24-,25-/m0/s1. The van der Waals surface area contributed by atoms with Crippen molar-refractivity contribution in [3.8, 4) is 0 Å². The molecule has 4 aliphatic rings. The van der Waals surface area contributed by atoms with Gasteiger partial charge in [-0.2, -0.15) is 0 Å². The van der Waals surface area contributed by atoms with Crippen LogP contribution in [0.4, 0.5) is 0 Å². The molecule has 0 amide bonds. The van der Waals surface area contributed by atoms with E-state index >= 15 is 0 Å². The Bertz CT molecular complexity index is 795. The third-order valence-electron chi connectivity index (χ3n) is 9.85. The Hall–Kier alpha value is -1.47. The van der Waals surface area contributed by atoms with E-state index in [4.69, 9.17) is 9.47 Å². The van der Waals surface area contributed by atoms with Crippen LogP contribution >= 0.6 is 0 Å². The van der Waals surface area contributed by atoms with Gasteiger partial charge in [0.2, 0.25) is 0 Å². The number of aliphatic hydroxyl groups is 2. The van der Waals surface area contributed by atoms with Gasteiger partial charge >= 0.3 is 11.9 Å². The van der Waals surface area contributed by atoms with Crippen LogP contribution in [0.15, 0.2) is 0 Å². The summed E-state index contributed by atoms with van der Waals surface area (Å²) in [6, 6.07) is 0. The molecule has 0 aliphatic heterocycles. The van der Waals surface area contributed by atoms with E-state index in [1.54, 1.807) is 0 Å². The van der Waals surface area contributed by atoms with Crippen LogP contribution in [0.25, 0.3) is 0 Å². The van der Waals surface area contributed by atoms with E-state index in [1.165, 1.54) is 13.8 Å². The van der Waals surface area contributed by atoms with Crippen LogP contribution in [0.3, 0.4) is 0 Å². The van der Waals surface area contributed by atoms with Crippen LogP contribution in [0.2, 0.25) is 0 Å². The summed E-state index contributed by atoms with van der Waals surface area (Å²) in [7, 11) is 0. The molecule has 0 aromatic carbocycles. The predicted molar refractivity (Wildman–Crippen MR) is 115 cm³/mol. The first-order valence-electron chi connectivity index (χ1n) is 12.2. The minimum Gasteiger partial charge on any atom is -0.463 e. The summed E-state index contributed by atoms with van der Waals surface area (Å²) >= 11 is 0. The van der Waals surface area contributed by atoms with Gasteiger partial charge in [-0.25, -0.2) is 0 Å². The average molecular weight is 451 g/mol. The number of rotatable bonds is 4. The Labute approximate surface area is 190 Å². The number of ketones is 1. The second kappa shape index (κ2) is 8.08. The number of Topliss-reactive ketones (excluding diaryl/α,β-unsaturated/α-hetero) is 1. The van der Waals surface area contributed by atoms with E-state index in [1.807, 2.05) is 6.92 Å². The Kier molecular flexibility index (Phi) is 5.98. The highest BCUT2D eigenvalue weighted by molar-refractivity contribution is 5.84. The number of ether oxygens (including phenoxy) is 2. The number of carbonyl (C=O) groups excluding carboxylic acids is 3. The van der Waals surface area contributed by atoms with E-state index < -0.39 is 23.1 Å². The fraction of sp³-hybridized carbons (Fsp3) is 0.880. The highest BCUT2D eigenvalue weighted by Crippen LogP contribution is 2.67. The Morgan fingerprint density at radius 3 is 2.47 bits per heavy atom. The number of hydrogen-bond acceptors (Lipinski definition) is 7. The molecule has 3 unspecified atom stereocenters. The first-order valence-corrected chi connectivity index (χ1v) is 12.2. The summed E-state index contributed by atoms with van der Waals surface area (Å²) in [5.74, 6) is 0.0772. The molecule has 7 heteroatoms. The summed E-state index contributed by atoms with van der Waals surface area (Å²) in [5.41, 5.74) is -2.30. The van der Waals surface area contributed by atoms with Gasteiger partial charge in [-0.1, -0.05) is 13.8 Å². The number of aliphatic hydroxyl groups excluding tert-OH is 1. The number of fused-ring (bicyclic) bond motifs is 5. The summed E-state index contributed by atoms with van der Waals surface area (Å²) in [4.78, 5) is 36.4. The quantitative estimate of drug-likeness (QED) is 0.634. The van der Waals surface area contributed by atoms with Crippen LogP contribution in [0.5, 0.6) is 0 Å². The number of carbonyl (C=O) groups is 3. The highest BCUT2D eigenvalue weighted by Gasteiger charge is 2.68. The summed E-state index contributed by atoms with van der Waals surface area (Å²) < 4.78 is 10.5. The molecule has 4 saturated carbocycles. The monoisotopic (exact) mass is 450 g/mol. The van der Waals surface area contributed by atoms with Crippen molar-refractivity contribution in [2.75, 3.05) is 6.61 Å². The predicted octanol–water partition coefficient (Wildman–Crippen LogP) is 2.79. The summed E-state index contributed by atoms with van der Waals surface area (Å²) in [6.07, 6.45) is 4.51. The van der Waals surface area contributed by atoms with E-state index in [-0.39, 0.29) is 54.1 Å². The van der Waals surface area contributed by atoms with Gasteiger partial charge in [0, 0.05) is 31.6 Å². The maximum absolute atomic E-state index is 13.7. The van der Waals surface area contributed by atoms with Crippen LogP contribution < -0.4 is 0 Å². The van der Waals surface area contributed by atoms with Crippen LogP contribution in [0.1, 0.15) is 79.1 Å². The normalized spacial score (nSPS) is 46.4. The van der Waals surface area contributed by atoms with Crippen molar-refractivity contribution in [2.45, 2.75) is 96.9 Å². The SMILES string of the molecule is CC(=O)OCC(O)[C@@]1(O)CC[C@H]2[C@@H]3CCC4CC(OC(C)=O)CC[C@]4(C)[C@H]3C(=O)C[C@@]21C. The van der Waals surface area contributed by atoms with Crippen molar-refractivity contribution in [1.82, 2.24) is 0 Å². The highest BCUT2D eigenvalue weighted by atomic mass is 16.5. The lowest BCUT2D eigenvalue weighted by Gasteiger charge is -2.60. The van der Waals surface area contributed by atoms with Crippen molar-refractivity contribution in [3.63, 3.8) is 0 Å². The van der Waals surface area contributed by atoms with Gasteiger partial charge in [0.1, 0.15) is 24.6 Å². The minimum atomic E-state index is -1.45. The average Bonchev–Trinajstić information content (AvgIpc) is 2.97. The molecule has 4 rings (SSSR count). The van der Waals surface area contributed by atoms with Crippen LogP contribution in [-0.4, -0.2) is 52.4 Å². The van der Waals surface area contributed by atoms with Crippen molar-refractivity contribution in [2.24, 2.45) is 34.5 Å². The molecule has 180 valence electrons. The van der Waals surface area contributed by atoms with Crippen LogP contribution in [-0.2, 0) is 23.9 Å². The van der Waals surface area contributed by atoms with Gasteiger partial charge in [0.15, 0.2) is 0 Å². The minimum absolute atomic E-state index is 0.0504. The zero-order valence-corrected chi connectivity index (χ0v) is 19.8. The van der Waals surface area contributed by atoms with E-state index in [9.17, 15) is 24.6 Å². The van der Waals surface area contributed by atoms with Crippen molar-refractivity contribution in [1.29, 1.82) is 0 Å². The zero-order valence-electron chi connectivity index (χ0n) is 19.8. The van der Waals surface area contributed by atoms with Gasteiger partial charge in [-0.15, -0.1) is 0 Å². The zero-order chi connectivity index (χ0) is 23.5. The molecular formula is C25H38O7. The molecule has 0 aromatic rings. The lowest BCUT2D eigenvalue weighted by atomic mass is 9.44. The van der Waals surface area contributed by atoms with Gasteiger partial charge in [0.25, 0.3) is 0 Å². The van der Waals surface area contributed by atoms with Gasteiger partial charge in [0.05, 0.1) is 5.60 Å². The van der Waals surface area contributed by atoms with Gasteiger partial charge in [-0.3, -0.25) is 14.4 Å². The van der Waals surface area contributed by atoms with Crippen molar-refractivity contribution in [3.05, 3.63) is 0 Å². The van der Waals surface area contributed by atoms with E-state index in [0.29, 0.717) is 12.3 Å². The van der Waals surface area contributed by atoms with Gasteiger partial charge < -0.3 is 19.7 Å². The molecule has 0 saturated heterocycles. The largest absolute Gasteiger partial charge is 0.463 e. The fourth-order valence-electron chi connectivity index (χ4n) is 8.29. The lowest BCUT2D eigenvalue weighted by Crippen LogP contribution is -2.63. The van der Waals surface area contributed by atoms with E-state index in [2.05, 4.69) is 6.92 Å². The third kappa shape index (κ3) is 3.51. The molecule has 9 atom stereocenters. The first kappa shape index (κ1) is 23.7. The third-order valence-corrected chi connectivity index (χ3v) is 9.85. The Balaban J connectivity index is 1.57. The molecule has 32 heavy (non-hydrogen) atoms. The number of hydrogen-bond donors (Lipinski definition) is 2. The molecule has 4 fully saturated rings. The second-order valence-electron chi connectivity index (χ2n) is 11.4. The molecule has 0 heterocycles. The Morgan fingerprint density at radius 1 is 1.09 bits per heavy atom. The fourth-order valence-corrected chi connectivity index (χ4v) is 8.29. The number of esters is 2. The van der Waals surface area contributed by atoms with Gasteiger partial charge in [-0.05, 0) is 68.1 Å². The first-order chi connectivity index (χ1) is 14.9. The van der Waals surface area contributed by atoms with Crippen molar-refractivity contribution < 1.29 is 34.1 Å². The molecule has 4 aliphatic carbocycles. The van der Waals surface area contributed by atoms with Crippen LogP contribution in [0, 0.1) is 34.5 Å². The molecule has 0 aromatic heterocycles. The molecule has 0 radical (unpaired) electrons. The smallest absolute Gasteiger partial charge is 0.302 e.